The number of amides is 2. The molecular weight excluding hydrogens is 308 g/mol. The van der Waals surface area contributed by atoms with Crippen molar-refractivity contribution in [2.75, 3.05) is 36.0 Å². The Morgan fingerprint density at radius 1 is 0.667 bits per heavy atom. The van der Waals surface area contributed by atoms with E-state index in [0.29, 0.717) is 33.9 Å². The molecule has 0 unspecified atom stereocenters. The third-order valence-corrected chi connectivity index (χ3v) is 3.39. The number of rotatable bonds is 5. The Balaban J connectivity index is 1.81. The van der Waals surface area contributed by atoms with Crippen LogP contribution < -0.4 is 33.6 Å². The van der Waals surface area contributed by atoms with Crippen LogP contribution in [-0.4, -0.2) is 24.9 Å². The first-order valence-corrected chi connectivity index (χ1v) is 7.25. The van der Waals surface area contributed by atoms with E-state index in [-0.39, 0.29) is 24.9 Å². The summed E-state index contributed by atoms with van der Waals surface area (Å²) in [6.45, 7) is 0.526. The van der Waals surface area contributed by atoms with Crippen LogP contribution in [0.25, 0.3) is 0 Å². The van der Waals surface area contributed by atoms with Crippen molar-refractivity contribution in [2.45, 2.75) is 0 Å². The van der Waals surface area contributed by atoms with Crippen LogP contribution in [0.1, 0.15) is 20.7 Å². The number of nitrogens with two attached hydrogens (primary N) is 4. The van der Waals surface area contributed by atoms with Gasteiger partial charge in [-0.2, -0.15) is 0 Å². The Morgan fingerprint density at radius 3 is 1.38 bits per heavy atom. The van der Waals surface area contributed by atoms with Gasteiger partial charge in [0.2, 0.25) is 0 Å². The number of hydrogen-bond donors (Lipinski definition) is 6. The first kappa shape index (κ1) is 16.9. The maximum absolute atomic E-state index is 12.0. The Bertz CT molecular complexity index is 710. The number of nitrogens with one attached hydrogen (secondary N) is 2. The molecule has 2 aromatic rings. The normalized spacial score (nSPS) is 10.2. The fourth-order valence-electron chi connectivity index (χ4n) is 1.99. The van der Waals surface area contributed by atoms with Gasteiger partial charge in [-0.1, -0.05) is 0 Å². The number of hydrogen-bond acceptors (Lipinski definition) is 6. The van der Waals surface area contributed by atoms with E-state index in [2.05, 4.69) is 10.6 Å². The molecule has 0 aliphatic heterocycles. The number of nitrogen functional groups attached to an aromatic ring is 4. The summed E-state index contributed by atoms with van der Waals surface area (Å²) in [6.07, 6.45) is 0. The predicted octanol–water partition coefficient (Wildman–Crippen LogP) is 0.175. The summed E-state index contributed by atoms with van der Waals surface area (Å²) < 4.78 is 0. The van der Waals surface area contributed by atoms with Gasteiger partial charge < -0.3 is 33.6 Å². The zero-order valence-electron chi connectivity index (χ0n) is 13.0. The van der Waals surface area contributed by atoms with E-state index >= 15 is 0 Å². The largest absolute Gasteiger partial charge is 0.397 e. The average Bonchev–Trinajstić information content (AvgIpc) is 2.56. The highest BCUT2D eigenvalue weighted by molar-refractivity contribution is 5.97. The molecule has 0 saturated carbocycles. The third kappa shape index (κ3) is 4.07. The van der Waals surface area contributed by atoms with Gasteiger partial charge >= 0.3 is 0 Å². The molecule has 8 nitrogen and oxygen atoms in total. The van der Waals surface area contributed by atoms with Crippen molar-refractivity contribution in [1.29, 1.82) is 0 Å². The minimum atomic E-state index is -0.298. The van der Waals surface area contributed by atoms with Crippen LogP contribution >= 0.6 is 0 Å². The second-order valence-electron chi connectivity index (χ2n) is 5.20. The molecule has 24 heavy (non-hydrogen) atoms. The Morgan fingerprint density at radius 2 is 1.04 bits per heavy atom. The second-order valence-corrected chi connectivity index (χ2v) is 5.20. The molecule has 0 aliphatic rings. The number of benzene rings is 2. The maximum Gasteiger partial charge on any atom is 0.251 e. The van der Waals surface area contributed by atoms with Crippen molar-refractivity contribution >= 4 is 34.6 Å². The predicted molar refractivity (Wildman–Crippen MR) is 95.2 cm³/mol. The zero-order valence-corrected chi connectivity index (χ0v) is 13.0. The summed E-state index contributed by atoms with van der Waals surface area (Å²) in [7, 11) is 0. The fraction of sp³-hybridized carbons (Fsp3) is 0.125. The standard InChI is InChI=1S/C16H20N6O2/c17-11-3-1-9(7-13(11)19)15(23)21-5-6-22-16(24)10-2-4-12(18)14(20)8-10/h1-4,7-8H,5-6,17-20H2,(H,21,23)(H,22,24). The number of carbonyl (C=O) groups is 2. The molecule has 0 saturated heterocycles. The molecule has 0 atom stereocenters. The topological polar surface area (TPSA) is 162 Å². The lowest BCUT2D eigenvalue weighted by molar-refractivity contribution is 0.0928. The Kier molecular flexibility index (Phi) is 5.10. The van der Waals surface area contributed by atoms with Crippen LogP contribution in [0, 0.1) is 0 Å². The molecule has 0 heterocycles. The monoisotopic (exact) mass is 328 g/mol. The van der Waals surface area contributed by atoms with Crippen LogP contribution in [0.5, 0.6) is 0 Å². The van der Waals surface area contributed by atoms with E-state index in [4.69, 9.17) is 22.9 Å². The van der Waals surface area contributed by atoms with Crippen LogP contribution in [0.2, 0.25) is 0 Å². The van der Waals surface area contributed by atoms with Crippen molar-refractivity contribution < 1.29 is 9.59 Å². The SMILES string of the molecule is Nc1ccc(C(=O)NCCNC(=O)c2ccc(N)c(N)c2)cc1N. The van der Waals surface area contributed by atoms with E-state index in [1.54, 1.807) is 24.3 Å². The molecule has 126 valence electrons. The third-order valence-electron chi connectivity index (χ3n) is 3.39. The van der Waals surface area contributed by atoms with Crippen LogP contribution in [-0.2, 0) is 0 Å². The van der Waals surface area contributed by atoms with Gasteiger partial charge in [0, 0.05) is 24.2 Å². The summed E-state index contributed by atoms with van der Waals surface area (Å²) in [5.74, 6) is -0.597. The highest BCUT2D eigenvalue weighted by Crippen LogP contribution is 2.16. The smallest absolute Gasteiger partial charge is 0.251 e. The summed E-state index contributed by atoms with van der Waals surface area (Å²) in [4.78, 5) is 23.9. The quantitative estimate of drug-likeness (QED) is 0.338. The van der Waals surface area contributed by atoms with E-state index in [1.807, 2.05) is 0 Å². The van der Waals surface area contributed by atoms with Crippen molar-refractivity contribution in [2.24, 2.45) is 0 Å². The molecule has 0 aliphatic carbocycles. The van der Waals surface area contributed by atoms with Gasteiger partial charge in [0.1, 0.15) is 0 Å². The minimum absolute atomic E-state index is 0.263. The molecule has 8 heteroatoms. The molecule has 2 rings (SSSR count). The minimum Gasteiger partial charge on any atom is -0.397 e. The summed E-state index contributed by atoms with van der Waals surface area (Å²) >= 11 is 0. The van der Waals surface area contributed by atoms with Gasteiger partial charge in [0.25, 0.3) is 11.8 Å². The van der Waals surface area contributed by atoms with E-state index in [9.17, 15) is 9.59 Å². The first-order chi connectivity index (χ1) is 11.4. The number of anilines is 4. The molecule has 0 radical (unpaired) electrons. The van der Waals surface area contributed by atoms with Gasteiger partial charge in [-0.25, -0.2) is 0 Å². The number of carbonyl (C=O) groups excluding carboxylic acids is 2. The summed E-state index contributed by atoms with van der Waals surface area (Å²) in [5, 5.41) is 5.36. The molecule has 0 fully saturated rings. The van der Waals surface area contributed by atoms with Crippen LogP contribution in [0.3, 0.4) is 0 Å². The second kappa shape index (κ2) is 7.23. The molecule has 2 aromatic carbocycles. The zero-order chi connectivity index (χ0) is 17.7. The molecule has 0 aromatic heterocycles. The Hall–Kier alpha value is -3.42. The van der Waals surface area contributed by atoms with Gasteiger partial charge in [0.05, 0.1) is 22.7 Å². The highest BCUT2D eigenvalue weighted by Gasteiger charge is 2.09. The summed E-state index contributed by atoms with van der Waals surface area (Å²) in [5.41, 5.74) is 24.8. The fourth-order valence-corrected chi connectivity index (χ4v) is 1.99. The summed E-state index contributed by atoms with van der Waals surface area (Å²) in [6, 6.07) is 9.30. The van der Waals surface area contributed by atoms with Crippen molar-refractivity contribution in [3.05, 3.63) is 47.5 Å². The molecule has 2 amide bonds. The van der Waals surface area contributed by atoms with Gasteiger partial charge in [0.15, 0.2) is 0 Å². The van der Waals surface area contributed by atoms with Gasteiger partial charge in [-0.05, 0) is 36.4 Å². The lowest BCUT2D eigenvalue weighted by Gasteiger charge is -2.09. The van der Waals surface area contributed by atoms with Gasteiger partial charge in [-0.3, -0.25) is 9.59 Å². The maximum atomic E-state index is 12.0. The van der Waals surface area contributed by atoms with Crippen LogP contribution in [0.4, 0.5) is 22.7 Å². The Labute approximate surface area is 139 Å². The lowest BCUT2D eigenvalue weighted by Crippen LogP contribution is -2.34. The van der Waals surface area contributed by atoms with Crippen molar-refractivity contribution in [3.8, 4) is 0 Å². The lowest BCUT2D eigenvalue weighted by atomic mass is 10.1. The van der Waals surface area contributed by atoms with Crippen molar-refractivity contribution in [3.63, 3.8) is 0 Å². The molecule has 10 N–H and O–H groups in total. The van der Waals surface area contributed by atoms with Crippen LogP contribution in [0.15, 0.2) is 36.4 Å². The van der Waals surface area contributed by atoms with E-state index in [0.717, 1.165) is 0 Å². The molecule has 0 bridgehead atoms. The van der Waals surface area contributed by atoms with E-state index in [1.165, 1.54) is 12.1 Å². The molecule has 0 spiro atoms. The molecular formula is C16H20N6O2. The van der Waals surface area contributed by atoms with Crippen molar-refractivity contribution in [1.82, 2.24) is 10.6 Å². The van der Waals surface area contributed by atoms with Gasteiger partial charge in [-0.15, -0.1) is 0 Å². The average molecular weight is 328 g/mol. The van der Waals surface area contributed by atoms with E-state index < -0.39 is 0 Å². The highest BCUT2D eigenvalue weighted by atomic mass is 16.2. The first-order valence-electron chi connectivity index (χ1n) is 7.25.